The Morgan fingerprint density at radius 1 is 1.04 bits per heavy atom. The highest BCUT2D eigenvalue weighted by Crippen LogP contribution is 2.14. The number of benzene rings is 2. The summed E-state index contributed by atoms with van der Waals surface area (Å²) in [5.41, 5.74) is 2.10. The molecule has 0 aromatic heterocycles. The monoisotopic (exact) mass is 329 g/mol. The number of nitrogens with one attached hydrogen (secondary N) is 2. The highest BCUT2D eigenvalue weighted by atomic mass is 19.1. The molecule has 0 bridgehead atoms. The second-order valence-corrected chi connectivity index (χ2v) is 5.72. The molecule has 0 radical (unpaired) electrons. The average Bonchev–Trinajstić information content (AvgIpc) is 2.56. The molecule has 0 spiro atoms. The lowest BCUT2D eigenvalue weighted by Crippen LogP contribution is -2.36. The van der Waals surface area contributed by atoms with Crippen LogP contribution in [-0.2, 0) is 13.1 Å². The van der Waals surface area contributed by atoms with E-state index in [1.807, 2.05) is 38.1 Å². The van der Waals surface area contributed by atoms with Crippen LogP contribution >= 0.6 is 0 Å². The Hall–Kier alpha value is -2.56. The van der Waals surface area contributed by atoms with Gasteiger partial charge in [0.05, 0.1) is 6.10 Å². The van der Waals surface area contributed by atoms with E-state index in [9.17, 15) is 4.39 Å². The van der Waals surface area contributed by atoms with Crippen LogP contribution in [0.5, 0.6) is 5.75 Å². The van der Waals surface area contributed by atoms with Crippen LogP contribution in [0, 0.1) is 5.82 Å². The van der Waals surface area contributed by atoms with Crippen LogP contribution in [0.15, 0.2) is 53.5 Å². The van der Waals surface area contributed by atoms with E-state index >= 15 is 0 Å². The minimum Gasteiger partial charge on any atom is -0.491 e. The summed E-state index contributed by atoms with van der Waals surface area (Å²) in [5.74, 6) is 1.32. The first-order valence-electron chi connectivity index (χ1n) is 8.01. The van der Waals surface area contributed by atoms with Gasteiger partial charge in [-0.05, 0) is 49.2 Å². The van der Waals surface area contributed by atoms with Gasteiger partial charge in [-0.3, -0.25) is 4.99 Å². The SMILES string of the molecule is CN=C(NCc1ccc(F)cc1)NCc1cccc(OC(C)C)c1. The largest absolute Gasteiger partial charge is 0.491 e. The normalized spacial score (nSPS) is 11.5. The standard InChI is InChI=1S/C19H24FN3O/c1-14(2)24-18-6-4-5-16(11-18)13-23-19(21-3)22-12-15-7-9-17(20)10-8-15/h4-11,14H,12-13H2,1-3H3,(H2,21,22,23). The van der Waals surface area contributed by atoms with Gasteiger partial charge in [0.25, 0.3) is 0 Å². The molecule has 0 aliphatic carbocycles. The van der Waals surface area contributed by atoms with E-state index < -0.39 is 0 Å². The topological polar surface area (TPSA) is 45.7 Å². The summed E-state index contributed by atoms with van der Waals surface area (Å²) >= 11 is 0. The molecule has 0 amide bonds. The van der Waals surface area contributed by atoms with Crippen molar-refractivity contribution < 1.29 is 9.13 Å². The summed E-state index contributed by atoms with van der Waals surface area (Å²) in [4.78, 5) is 4.20. The Morgan fingerprint density at radius 3 is 2.33 bits per heavy atom. The van der Waals surface area contributed by atoms with Crippen molar-refractivity contribution in [3.8, 4) is 5.75 Å². The molecule has 0 unspecified atom stereocenters. The van der Waals surface area contributed by atoms with Crippen LogP contribution in [0.3, 0.4) is 0 Å². The van der Waals surface area contributed by atoms with Crippen molar-refractivity contribution in [3.05, 3.63) is 65.5 Å². The molecule has 0 saturated heterocycles. The lowest BCUT2D eigenvalue weighted by Gasteiger charge is -2.14. The molecule has 2 rings (SSSR count). The summed E-state index contributed by atoms with van der Waals surface area (Å²) in [6.07, 6.45) is 0.151. The van der Waals surface area contributed by atoms with Crippen LogP contribution in [0.2, 0.25) is 0 Å². The number of nitrogens with zero attached hydrogens (tertiary/aromatic N) is 1. The number of halogens is 1. The van der Waals surface area contributed by atoms with Crippen LogP contribution in [-0.4, -0.2) is 19.1 Å². The van der Waals surface area contributed by atoms with Gasteiger partial charge in [-0.15, -0.1) is 0 Å². The molecule has 24 heavy (non-hydrogen) atoms. The Labute approximate surface area is 142 Å². The third kappa shape index (κ3) is 5.91. The molecule has 0 aliphatic heterocycles. The second-order valence-electron chi connectivity index (χ2n) is 5.72. The third-order valence-electron chi connectivity index (χ3n) is 3.33. The minimum absolute atomic E-state index is 0.151. The van der Waals surface area contributed by atoms with Crippen LogP contribution in [0.4, 0.5) is 4.39 Å². The lowest BCUT2D eigenvalue weighted by atomic mass is 10.2. The van der Waals surface area contributed by atoms with Gasteiger partial charge in [0.15, 0.2) is 5.96 Å². The summed E-state index contributed by atoms with van der Waals surface area (Å²) in [6.45, 7) is 5.23. The van der Waals surface area contributed by atoms with Gasteiger partial charge >= 0.3 is 0 Å². The van der Waals surface area contributed by atoms with Crippen molar-refractivity contribution >= 4 is 5.96 Å². The number of hydrogen-bond acceptors (Lipinski definition) is 2. The van der Waals surface area contributed by atoms with Crippen LogP contribution in [0.1, 0.15) is 25.0 Å². The molecule has 0 heterocycles. The van der Waals surface area contributed by atoms with Gasteiger partial charge in [-0.2, -0.15) is 0 Å². The zero-order valence-electron chi connectivity index (χ0n) is 14.3. The van der Waals surface area contributed by atoms with Gasteiger partial charge in [0, 0.05) is 20.1 Å². The van der Waals surface area contributed by atoms with Crippen molar-refractivity contribution in [2.75, 3.05) is 7.05 Å². The fraction of sp³-hybridized carbons (Fsp3) is 0.316. The van der Waals surface area contributed by atoms with E-state index in [2.05, 4.69) is 15.6 Å². The zero-order chi connectivity index (χ0) is 17.4. The molecular formula is C19H24FN3O. The molecular weight excluding hydrogens is 305 g/mol. The number of ether oxygens (including phenoxy) is 1. The average molecular weight is 329 g/mol. The molecule has 2 aromatic rings. The molecule has 0 fully saturated rings. The highest BCUT2D eigenvalue weighted by molar-refractivity contribution is 5.79. The Kier molecular flexibility index (Phi) is 6.61. The summed E-state index contributed by atoms with van der Waals surface area (Å²) < 4.78 is 18.6. The van der Waals surface area contributed by atoms with Gasteiger partial charge in [0.2, 0.25) is 0 Å². The maximum absolute atomic E-state index is 12.9. The van der Waals surface area contributed by atoms with E-state index in [0.29, 0.717) is 19.0 Å². The van der Waals surface area contributed by atoms with E-state index in [4.69, 9.17) is 4.74 Å². The third-order valence-corrected chi connectivity index (χ3v) is 3.33. The van der Waals surface area contributed by atoms with E-state index in [0.717, 1.165) is 16.9 Å². The molecule has 2 N–H and O–H groups in total. The maximum atomic E-state index is 12.9. The quantitative estimate of drug-likeness (QED) is 0.630. The van der Waals surface area contributed by atoms with Crippen molar-refractivity contribution in [2.45, 2.75) is 33.0 Å². The first-order chi connectivity index (χ1) is 11.6. The molecule has 0 saturated carbocycles. The summed E-state index contributed by atoms with van der Waals surface area (Å²) in [6, 6.07) is 14.4. The zero-order valence-corrected chi connectivity index (χ0v) is 14.3. The molecule has 128 valence electrons. The van der Waals surface area contributed by atoms with Gasteiger partial charge < -0.3 is 15.4 Å². The fourth-order valence-corrected chi connectivity index (χ4v) is 2.20. The second kappa shape index (κ2) is 8.91. The Bertz CT molecular complexity index is 669. The summed E-state index contributed by atoms with van der Waals surface area (Å²) in [5, 5.41) is 6.46. The number of aliphatic imine (C=N–C) groups is 1. The molecule has 0 aliphatic rings. The van der Waals surface area contributed by atoms with Crippen molar-refractivity contribution in [3.63, 3.8) is 0 Å². The smallest absolute Gasteiger partial charge is 0.191 e. The van der Waals surface area contributed by atoms with Gasteiger partial charge in [-0.1, -0.05) is 24.3 Å². The van der Waals surface area contributed by atoms with Crippen LogP contribution in [0.25, 0.3) is 0 Å². The molecule has 4 nitrogen and oxygen atoms in total. The number of hydrogen-bond donors (Lipinski definition) is 2. The molecule has 0 atom stereocenters. The lowest BCUT2D eigenvalue weighted by molar-refractivity contribution is 0.242. The van der Waals surface area contributed by atoms with Crippen molar-refractivity contribution in [1.82, 2.24) is 10.6 Å². The maximum Gasteiger partial charge on any atom is 0.191 e. The first-order valence-corrected chi connectivity index (χ1v) is 8.01. The van der Waals surface area contributed by atoms with Crippen LogP contribution < -0.4 is 15.4 Å². The molecule has 2 aromatic carbocycles. The first kappa shape index (κ1) is 17.8. The molecule has 5 heteroatoms. The van der Waals surface area contributed by atoms with Gasteiger partial charge in [0.1, 0.15) is 11.6 Å². The minimum atomic E-state index is -0.232. The highest BCUT2D eigenvalue weighted by Gasteiger charge is 2.02. The van der Waals surface area contributed by atoms with Crippen molar-refractivity contribution in [2.24, 2.45) is 4.99 Å². The fourth-order valence-electron chi connectivity index (χ4n) is 2.20. The van der Waals surface area contributed by atoms with E-state index in [1.165, 1.54) is 12.1 Å². The Balaban J connectivity index is 1.86. The van der Waals surface area contributed by atoms with E-state index in [-0.39, 0.29) is 11.9 Å². The predicted octanol–water partition coefficient (Wildman–Crippen LogP) is 3.48. The predicted molar refractivity (Wildman–Crippen MR) is 95.6 cm³/mol. The van der Waals surface area contributed by atoms with Gasteiger partial charge in [-0.25, -0.2) is 4.39 Å². The Morgan fingerprint density at radius 2 is 1.71 bits per heavy atom. The number of rotatable bonds is 6. The number of guanidine groups is 1. The van der Waals surface area contributed by atoms with E-state index in [1.54, 1.807) is 19.2 Å². The summed E-state index contributed by atoms with van der Waals surface area (Å²) in [7, 11) is 1.72. The van der Waals surface area contributed by atoms with Crippen molar-refractivity contribution in [1.29, 1.82) is 0 Å².